The summed E-state index contributed by atoms with van der Waals surface area (Å²) in [6.07, 6.45) is -0.661. The number of ether oxygens (including phenoxy) is 2. The Balaban J connectivity index is 1.53. The molecule has 7 rings (SSSR count). The minimum Gasteiger partial charge on any atom is -0.457 e. The fourth-order valence-electron chi connectivity index (χ4n) is 8.64. The van der Waals surface area contributed by atoms with Crippen molar-refractivity contribution in [3.05, 3.63) is 47.5 Å². The van der Waals surface area contributed by atoms with Crippen LogP contribution in [-0.4, -0.2) is 52.4 Å². The molecule has 2 aliphatic heterocycles. The molecule has 0 radical (unpaired) electrons. The van der Waals surface area contributed by atoms with Gasteiger partial charge in [0.25, 0.3) is 0 Å². The average molecular weight is 481 g/mol. The Hall–Kier alpha value is -2.35. The summed E-state index contributed by atoms with van der Waals surface area (Å²) >= 11 is 0. The number of benzene rings is 1. The van der Waals surface area contributed by atoms with Crippen LogP contribution in [-0.2, 0) is 19.1 Å². The third kappa shape index (κ3) is 2.45. The molecule has 1 aromatic rings. The van der Waals surface area contributed by atoms with E-state index in [1.165, 1.54) is 0 Å². The first-order valence-electron chi connectivity index (χ1n) is 12.5. The Labute approximate surface area is 204 Å². The molecule has 0 amide bonds. The van der Waals surface area contributed by atoms with Gasteiger partial charge in [-0.05, 0) is 55.2 Å². The number of carbonyl (C=O) groups is 3. The van der Waals surface area contributed by atoms with Crippen LogP contribution < -0.4 is 0 Å². The van der Waals surface area contributed by atoms with E-state index in [4.69, 9.17) is 9.47 Å². The van der Waals surface area contributed by atoms with Crippen LogP contribution in [0.1, 0.15) is 55.5 Å². The Morgan fingerprint density at radius 1 is 1.17 bits per heavy atom. The Morgan fingerprint density at radius 2 is 1.86 bits per heavy atom. The first kappa shape index (κ1) is 23.1. The van der Waals surface area contributed by atoms with Crippen molar-refractivity contribution in [2.45, 2.75) is 64.4 Å². The van der Waals surface area contributed by atoms with Gasteiger partial charge in [0.15, 0.2) is 5.78 Å². The lowest BCUT2D eigenvalue weighted by Crippen LogP contribution is -2.85. The van der Waals surface area contributed by atoms with E-state index in [0.717, 1.165) is 5.56 Å². The van der Waals surface area contributed by atoms with Gasteiger partial charge in [-0.15, -0.1) is 0 Å². The fraction of sp³-hybridized carbons (Fsp3) is 0.607. The summed E-state index contributed by atoms with van der Waals surface area (Å²) in [5, 5.41) is 23.9. The highest BCUT2D eigenvalue weighted by atomic mass is 16.6. The van der Waals surface area contributed by atoms with Gasteiger partial charge in [-0.25, -0.2) is 4.79 Å². The van der Waals surface area contributed by atoms with Crippen LogP contribution in [0.5, 0.6) is 0 Å². The molecule has 4 aliphatic carbocycles. The molecule has 4 saturated carbocycles. The van der Waals surface area contributed by atoms with Crippen LogP contribution in [0.15, 0.2) is 36.4 Å². The monoisotopic (exact) mass is 480 g/mol. The second-order valence-electron chi connectivity index (χ2n) is 12.0. The lowest BCUT2D eigenvalue weighted by Gasteiger charge is -2.72. The van der Waals surface area contributed by atoms with E-state index in [0.29, 0.717) is 31.2 Å². The second kappa shape index (κ2) is 6.90. The van der Waals surface area contributed by atoms with Gasteiger partial charge in [0.1, 0.15) is 23.4 Å². The van der Waals surface area contributed by atoms with Crippen molar-refractivity contribution in [1.29, 1.82) is 0 Å². The van der Waals surface area contributed by atoms with E-state index in [1.807, 2.05) is 20.8 Å². The number of esters is 1. The second-order valence-corrected chi connectivity index (χ2v) is 12.0. The number of hydrogen-bond donors (Lipinski definition) is 2. The molecule has 2 saturated heterocycles. The number of fused-ring (bicyclic) bond motifs is 2. The first-order valence-corrected chi connectivity index (χ1v) is 12.5. The third-order valence-electron chi connectivity index (χ3n) is 10.1. The summed E-state index contributed by atoms with van der Waals surface area (Å²) < 4.78 is 12.0. The summed E-state index contributed by atoms with van der Waals surface area (Å²) in [6.45, 7) is 9.88. The van der Waals surface area contributed by atoms with Gasteiger partial charge >= 0.3 is 5.97 Å². The zero-order valence-electron chi connectivity index (χ0n) is 20.4. The van der Waals surface area contributed by atoms with E-state index in [-0.39, 0.29) is 18.0 Å². The van der Waals surface area contributed by atoms with Crippen LogP contribution >= 0.6 is 0 Å². The van der Waals surface area contributed by atoms with Gasteiger partial charge in [0, 0.05) is 18.3 Å². The highest BCUT2D eigenvalue weighted by Gasteiger charge is 2.88. The lowest BCUT2D eigenvalue weighted by molar-refractivity contribution is -0.436. The number of aliphatic hydroxyl groups excluding tert-OH is 1. The third-order valence-corrected chi connectivity index (χ3v) is 10.1. The minimum absolute atomic E-state index is 0.0422. The first-order chi connectivity index (χ1) is 16.4. The SMILES string of the molecule is C=C1C(=O)[C@]23[C@H](OC(=O)c4ccc(C)cc4)[C@H]1CC[C@H]2[C@@]12CO[C@]3(O)[C@@H](O)[C@@H]1C(C)(C)CCC2=O. The van der Waals surface area contributed by atoms with Crippen molar-refractivity contribution in [2.75, 3.05) is 6.61 Å². The van der Waals surface area contributed by atoms with Gasteiger partial charge in [0.2, 0.25) is 5.79 Å². The highest BCUT2D eigenvalue weighted by Crippen LogP contribution is 2.76. The Kier molecular flexibility index (Phi) is 4.55. The molecule has 186 valence electrons. The van der Waals surface area contributed by atoms with Crippen LogP contribution in [0.25, 0.3) is 0 Å². The van der Waals surface area contributed by atoms with Gasteiger partial charge in [-0.2, -0.15) is 0 Å². The van der Waals surface area contributed by atoms with E-state index in [1.54, 1.807) is 24.3 Å². The van der Waals surface area contributed by atoms with Crippen molar-refractivity contribution in [1.82, 2.24) is 0 Å². The molecule has 7 heteroatoms. The standard InChI is InChI=1S/C28H32O7/c1-14-5-7-16(8-6-14)24(32)35-23-17-9-10-18-26-13-34-28(33,27(18,23)21(30)15(17)2)22(31)20(26)25(3,4)12-11-19(26)29/h5-8,17-18,20,22-23,31,33H,2,9-13H2,1,3-4H3/t17-,18-,20+,22-,23+,26+,27-,28+/m0/s1. The van der Waals surface area contributed by atoms with E-state index >= 15 is 0 Å². The van der Waals surface area contributed by atoms with Gasteiger partial charge < -0.3 is 19.7 Å². The minimum atomic E-state index is -2.29. The van der Waals surface area contributed by atoms with Crippen LogP contribution in [0.2, 0.25) is 0 Å². The van der Waals surface area contributed by atoms with Crippen molar-refractivity contribution in [2.24, 2.45) is 34.0 Å². The van der Waals surface area contributed by atoms with Crippen LogP contribution in [0.4, 0.5) is 0 Å². The maximum absolute atomic E-state index is 14.0. The largest absolute Gasteiger partial charge is 0.457 e. The maximum Gasteiger partial charge on any atom is 0.338 e. The summed E-state index contributed by atoms with van der Waals surface area (Å²) in [6, 6.07) is 6.91. The van der Waals surface area contributed by atoms with Gasteiger partial charge in [-0.3, -0.25) is 9.59 Å². The Bertz CT molecular complexity index is 1170. The molecular weight excluding hydrogens is 448 g/mol. The predicted octanol–water partition coefficient (Wildman–Crippen LogP) is 2.76. The number of ketones is 2. The fourth-order valence-corrected chi connectivity index (χ4v) is 8.64. The number of hydrogen-bond acceptors (Lipinski definition) is 7. The molecule has 8 atom stereocenters. The zero-order valence-corrected chi connectivity index (χ0v) is 20.4. The van der Waals surface area contributed by atoms with Crippen molar-refractivity contribution in [3.8, 4) is 0 Å². The smallest absolute Gasteiger partial charge is 0.338 e. The van der Waals surface area contributed by atoms with Gasteiger partial charge in [0.05, 0.1) is 17.6 Å². The molecule has 2 spiro atoms. The molecular formula is C28H32O7. The number of rotatable bonds is 2. The summed E-state index contributed by atoms with van der Waals surface area (Å²) in [5.41, 5.74) is -1.78. The number of Topliss-reactive ketones (excluding diaryl/α,β-unsaturated/α-hetero) is 2. The molecule has 1 aromatic carbocycles. The molecule has 35 heavy (non-hydrogen) atoms. The highest BCUT2D eigenvalue weighted by molar-refractivity contribution is 6.06. The van der Waals surface area contributed by atoms with Crippen LogP contribution in [0.3, 0.4) is 0 Å². The van der Waals surface area contributed by atoms with E-state index in [9.17, 15) is 24.6 Å². The normalized spacial score (nSPS) is 45.2. The summed E-state index contributed by atoms with van der Waals surface area (Å²) in [7, 11) is 0. The lowest BCUT2D eigenvalue weighted by atomic mass is 9.36. The molecule has 7 nitrogen and oxygen atoms in total. The molecule has 4 bridgehead atoms. The molecule has 0 aromatic heterocycles. The topological polar surface area (TPSA) is 110 Å². The average Bonchev–Trinajstić information content (AvgIpc) is 2.93. The number of aliphatic hydroxyl groups is 2. The predicted molar refractivity (Wildman–Crippen MR) is 124 cm³/mol. The number of carbonyl (C=O) groups excluding carboxylic acids is 3. The quantitative estimate of drug-likeness (QED) is 0.495. The van der Waals surface area contributed by atoms with E-state index in [2.05, 4.69) is 6.58 Å². The van der Waals surface area contributed by atoms with Crippen LogP contribution in [0, 0.1) is 40.9 Å². The maximum atomic E-state index is 14.0. The van der Waals surface area contributed by atoms with Crippen molar-refractivity contribution >= 4 is 17.5 Å². The zero-order chi connectivity index (χ0) is 25.1. The molecule has 0 unspecified atom stereocenters. The Morgan fingerprint density at radius 3 is 2.54 bits per heavy atom. The van der Waals surface area contributed by atoms with E-state index < -0.39 is 63.7 Å². The van der Waals surface area contributed by atoms with Gasteiger partial charge in [-0.1, -0.05) is 38.1 Å². The summed E-state index contributed by atoms with van der Waals surface area (Å²) in [4.78, 5) is 41.0. The molecule has 6 fully saturated rings. The summed E-state index contributed by atoms with van der Waals surface area (Å²) in [5.74, 6) is -5.10. The molecule has 2 heterocycles. The van der Waals surface area contributed by atoms with Crippen molar-refractivity contribution in [3.63, 3.8) is 0 Å². The van der Waals surface area contributed by atoms with Crippen molar-refractivity contribution < 1.29 is 34.1 Å². The molecule has 2 N–H and O–H groups in total. The number of aryl methyl sites for hydroxylation is 1. The molecule has 6 aliphatic rings.